The molecule has 1 N–H and O–H groups in total. The first-order valence-electron chi connectivity index (χ1n) is 4.24. The van der Waals surface area contributed by atoms with Crippen LogP contribution in [0.3, 0.4) is 0 Å². The van der Waals surface area contributed by atoms with Gasteiger partial charge in [0.15, 0.2) is 0 Å². The molecule has 0 heterocycles. The second-order valence-electron chi connectivity index (χ2n) is 3.22. The van der Waals surface area contributed by atoms with Crippen molar-refractivity contribution in [2.45, 2.75) is 25.4 Å². The lowest BCUT2D eigenvalue weighted by molar-refractivity contribution is 0.156. The summed E-state index contributed by atoms with van der Waals surface area (Å²) in [5.74, 6) is 0. The number of fused-ring (bicyclic) bond motifs is 1. The van der Waals surface area contributed by atoms with Crippen LogP contribution in [0.1, 0.15) is 30.1 Å². The van der Waals surface area contributed by atoms with Crippen molar-refractivity contribution in [3.05, 3.63) is 33.8 Å². The molecule has 0 fully saturated rings. The lowest BCUT2D eigenvalue weighted by Gasteiger charge is -2.21. The number of benzene rings is 1. The first-order valence-corrected chi connectivity index (χ1v) is 5.03. The Morgan fingerprint density at radius 3 is 3.00 bits per heavy atom. The van der Waals surface area contributed by atoms with Crippen molar-refractivity contribution in [3.63, 3.8) is 0 Å². The van der Waals surface area contributed by atoms with Crippen molar-refractivity contribution < 1.29 is 5.11 Å². The largest absolute Gasteiger partial charge is 0.388 e. The van der Waals surface area contributed by atoms with Crippen LogP contribution in [0.5, 0.6) is 0 Å². The molecule has 1 aliphatic rings. The van der Waals surface area contributed by atoms with Crippen LogP contribution >= 0.6 is 15.9 Å². The van der Waals surface area contributed by atoms with E-state index in [1.807, 2.05) is 18.2 Å². The normalized spacial score (nSPS) is 22.0. The Labute approximate surface area is 80.5 Å². The van der Waals surface area contributed by atoms with Crippen LogP contribution in [0.4, 0.5) is 0 Å². The average molecular weight is 227 g/mol. The zero-order chi connectivity index (χ0) is 8.55. The van der Waals surface area contributed by atoms with Crippen LogP contribution in [0.25, 0.3) is 0 Å². The molecule has 2 heteroatoms. The van der Waals surface area contributed by atoms with Crippen LogP contribution < -0.4 is 0 Å². The molecule has 1 aromatic carbocycles. The van der Waals surface area contributed by atoms with Gasteiger partial charge in [-0.15, -0.1) is 0 Å². The highest BCUT2D eigenvalue weighted by molar-refractivity contribution is 9.10. The van der Waals surface area contributed by atoms with Crippen LogP contribution in [0.15, 0.2) is 22.7 Å². The van der Waals surface area contributed by atoms with Crippen LogP contribution in [-0.4, -0.2) is 5.11 Å². The molecule has 0 radical (unpaired) electrons. The van der Waals surface area contributed by atoms with E-state index in [0.717, 1.165) is 29.3 Å². The second kappa shape index (κ2) is 3.19. The molecule has 0 aromatic heterocycles. The number of halogens is 1. The molecule has 0 aliphatic heterocycles. The predicted octanol–water partition coefficient (Wildman–Crippen LogP) is 2.82. The standard InChI is InChI=1S/C10H11BrO/c11-9-5-1-4-8-7(9)3-2-6-10(8)12/h1,4-5,10,12H,2-3,6H2. The van der Waals surface area contributed by atoms with E-state index >= 15 is 0 Å². The molecule has 1 aromatic rings. The summed E-state index contributed by atoms with van der Waals surface area (Å²) in [6.45, 7) is 0. The third-order valence-electron chi connectivity index (χ3n) is 2.42. The topological polar surface area (TPSA) is 20.2 Å². The van der Waals surface area contributed by atoms with Gasteiger partial charge in [-0.1, -0.05) is 28.1 Å². The SMILES string of the molecule is OC1CCCc2c(Br)cccc21. The molecule has 1 unspecified atom stereocenters. The van der Waals surface area contributed by atoms with E-state index in [1.54, 1.807) is 0 Å². The van der Waals surface area contributed by atoms with Gasteiger partial charge in [0.25, 0.3) is 0 Å². The molecule has 0 spiro atoms. The lowest BCUT2D eigenvalue weighted by atomic mass is 9.90. The minimum Gasteiger partial charge on any atom is -0.388 e. The molecule has 12 heavy (non-hydrogen) atoms. The fourth-order valence-electron chi connectivity index (χ4n) is 1.78. The van der Waals surface area contributed by atoms with Gasteiger partial charge in [-0.3, -0.25) is 0 Å². The van der Waals surface area contributed by atoms with Crippen molar-refractivity contribution in [1.29, 1.82) is 0 Å². The van der Waals surface area contributed by atoms with Crippen LogP contribution in [0, 0.1) is 0 Å². The molecule has 1 nitrogen and oxygen atoms in total. The summed E-state index contributed by atoms with van der Waals surface area (Å²) in [5, 5.41) is 9.66. The highest BCUT2D eigenvalue weighted by Gasteiger charge is 2.18. The zero-order valence-electron chi connectivity index (χ0n) is 6.76. The number of aliphatic hydroxyl groups excluding tert-OH is 1. The summed E-state index contributed by atoms with van der Waals surface area (Å²) in [7, 11) is 0. The number of hydrogen-bond donors (Lipinski definition) is 1. The monoisotopic (exact) mass is 226 g/mol. The van der Waals surface area contributed by atoms with Gasteiger partial charge in [-0.25, -0.2) is 0 Å². The summed E-state index contributed by atoms with van der Waals surface area (Å²) >= 11 is 3.50. The summed E-state index contributed by atoms with van der Waals surface area (Å²) in [5.41, 5.74) is 2.40. The Kier molecular flexibility index (Phi) is 2.20. The third kappa shape index (κ3) is 1.29. The Morgan fingerprint density at radius 2 is 2.25 bits per heavy atom. The quantitative estimate of drug-likeness (QED) is 0.722. The van der Waals surface area contributed by atoms with E-state index in [4.69, 9.17) is 0 Å². The maximum atomic E-state index is 9.66. The molecule has 1 atom stereocenters. The Balaban J connectivity index is 2.52. The van der Waals surface area contributed by atoms with Crippen molar-refractivity contribution in [2.75, 3.05) is 0 Å². The fourth-order valence-corrected chi connectivity index (χ4v) is 2.36. The van der Waals surface area contributed by atoms with Gasteiger partial charge in [-0.05, 0) is 36.5 Å². The van der Waals surface area contributed by atoms with Crippen molar-refractivity contribution in [1.82, 2.24) is 0 Å². The van der Waals surface area contributed by atoms with Gasteiger partial charge < -0.3 is 5.11 Å². The van der Waals surface area contributed by atoms with E-state index in [2.05, 4.69) is 15.9 Å². The molecular formula is C10H11BrO. The summed E-state index contributed by atoms with van der Waals surface area (Å²) in [4.78, 5) is 0. The molecule has 0 amide bonds. The van der Waals surface area contributed by atoms with Gasteiger partial charge in [0.1, 0.15) is 0 Å². The smallest absolute Gasteiger partial charge is 0.0793 e. The Hall–Kier alpha value is -0.340. The van der Waals surface area contributed by atoms with Crippen molar-refractivity contribution >= 4 is 15.9 Å². The molecule has 1 aliphatic carbocycles. The number of rotatable bonds is 0. The molecular weight excluding hydrogens is 216 g/mol. The number of aliphatic hydroxyl groups is 1. The first kappa shape index (κ1) is 8.27. The third-order valence-corrected chi connectivity index (χ3v) is 3.16. The summed E-state index contributed by atoms with van der Waals surface area (Å²) in [6.07, 6.45) is 2.85. The van der Waals surface area contributed by atoms with Gasteiger partial charge >= 0.3 is 0 Å². The molecule has 2 rings (SSSR count). The maximum absolute atomic E-state index is 9.66. The number of hydrogen-bond acceptors (Lipinski definition) is 1. The van der Waals surface area contributed by atoms with Crippen molar-refractivity contribution in [3.8, 4) is 0 Å². The highest BCUT2D eigenvalue weighted by Crippen LogP contribution is 2.33. The minimum absolute atomic E-state index is 0.244. The zero-order valence-corrected chi connectivity index (χ0v) is 8.34. The average Bonchev–Trinajstić information content (AvgIpc) is 2.07. The van der Waals surface area contributed by atoms with E-state index in [1.165, 1.54) is 5.56 Å². The van der Waals surface area contributed by atoms with Gasteiger partial charge in [0.2, 0.25) is 0 Å². The molecule has 0 saturated carbocycles. The Bertz CT molecular complexity index is 296. The minimum atomic E-state index is -0.244. The first-order chi connectivity index (χ1) is 5.79. The lowest BCUT2D eigenvalue weighted by Crippen LogP contribution is -2.09. The fraction of sp³-hybridized carbons (Fsp3) is 0.400. The van der Waals surface area contributed by atoms with Gasteiger partial charge in [-0.2, -0.15) is 0 Å². The van der Waals surface area contributed by atoms with Crippen LogP contribution in [-0.2, 0) is 6.42 Å². The van der Waals surface area contributed by atoms with E-state index in [-0.39, 0.29) is 6.10 Å². The Morgan fingerprint density at radius 1 is 1.42 bits per heavy atom. The predicted molar refractivity (Wildman–Crippen MR) is 52.0 cm³/mol. The maximum Gasteiger partial charge on any atom is 0.0793 e. The van der Waals surface area contributed by atoms with E-state index in [9.17, 15) is 5.11 Å². The van der Waals surface area contributed by atoms with Gasteiger partial charge in [0.05, 0.1) is 6.10 Å². The highest BCUT2D eigenvalue weighted by atomic mass is 79.9. The van der Waals surface area contributed by atoms with Gasteiger partial charge in [0, 0.05) is 4.47 Å². The molecule has 64 valence electrons. The second-order valence-corrected chi connectivity index (χ2v) is 4.07. The summed E-state index contributed by atoms with van der Waals surface area (Å²) in [6, 6.07) is 6.04. The molecule has 0 saturated heterocycles. The van der Waals surface area contributed by atoms with Crippen LogP contribution in [0.2, 0.25) is 0 Å². The molecule has 0 bridgehead atoms. The summed E-state index contributed by atoms with van der Waals surface area (Å²) < 4.78 is 1.14. The van der Waals surface area contributed by atoms with E-state index in [0.29, 0.717) is 0 Å². The van der Waals surface area contributed by atoms with Crippen molar-refractivity contribution in [2.24, 2.45) is 0 Å². The van der Waals surface area contributed by atoms with E-state index < -0.39 is 0 Å².